The first-order valence-electron chi connectivity index (χ1n) is 8.08. The normalized spacial score (nSPS) is 24.6. The van der Waals surface area contributed by atoms with Gasteiger partial charge in [0, 0.05) is 18.0 Å². The average Bonchev–Trinajstić information content (AvgIpc) is 2.91. The summed E-state index contributed by atoms with van der Waals surface area (Å²) >= 11 is 0. The molecule has 3 heteroatoms. The third kappa shape index (κ3) is 3.30. The van der Waals surface area contributed by atoms with Crippen LogP contribution < -0.4 is 5.73 Å². The average molecular weight is 286 g/mol. The molecule has 0 aliphatic heterocycles. The van der Waals surface area contributed by atoms with E-state index in [0.29, 0.717) is 6.04 Å². The van der Waals surface area contributed by atoms with E-state index in [9.17, 15) is 0 Å². The van der Waals surface area contributed by atoms with Crippen molar-refractivity contribution in [3.8, 4) is 0 Å². The highest BCUT2D eigenvalue weighted by Crippen LogP contribution is 2.28. The zero-order valence-electron chi connectivity index (χ0n) is 13.1. The zero-order chi connectivity index (χ0) is 14.8. The minimum absolute atomic E-state index is 0.0559. The summed E-state index contributed by atoms with van der Waals surface area (Å²) < 4.78 is 5.89. The Bertz CT molecular complexity index is 559. The van der Waals surface area contributed by atoms with Crippen molar-refractivity contribution in [2.75, 3.05) is 13.6 Å². The Morgan fingerprint density at radius 2 is 2.14 bits per heavy atom. The second-order valence-electron chi connectivity index (χ2n) is 6.66. The van der Waals surface area contributed by atoms with E-state index in [1.54, 1.807) is 0 Å². The van der Waals surface area contributed by atoms with E-state index in [0.717, 1.165) is 29.2 Å². The molecule has 21 heavy (non-hydrogen) atoms. The van der Waals surface area contributed by atoms with Crippen LogP contribution in [0.15, 0.2) is 34.7 Å². The van der Waals surface area contributed by atoms with Gasteiger partial charge in [0.15, 0.2) is 0 Å². The highest BCUT2D eigenvalue weighted by Gasteiger charge is 2.24. The van der Waals surface area contributed by atoms with Gasteiger partial charge in [-0.1, -0.05) is 38.0 Å². The minimum atomic E-state index is -0.0559. The number of nitrogens with zero attached hydrogens (tertiary/aromatic N) is 1. The molecule has 3 unspecified atom stereocenters. The number of hydrogen-bond acceptors (Lipinski definition) is 3. The Morgan fingerprint density at radius 1 is 1.33 bits per heavy atom. The lowest BCUT2D eigenvalue weighted by Crippen LogP contribution is -2.39. The van der Waals surface area contributed by atoms with Gasteiger partial charge in [-0.3, -0.25) is 0 Å². The number of nitrogens with two attached hydrogens (primary N) is 1. The first-order chi connectivity index (χ1) is 10.1. The standard InChI is InChI=1S/C18H26N2O/c1-13-6-5-8-15(10-13)20(2)12-16(19)18-11-14-7-3-4-9-17(14)21-18/h3-4,7,9,11,13,15-16H,5-6,8,10,12,19H2,1-2H3. The fourth-order valence-electron chi connectivity index (χ4n) is 3.54. The topological polar surface area (TPSA) is 42.4 Å². The monoisotopic (exact) mass is 286 g/mol. The van der Waals surface area contributed by atoms with E-state index < -0.39 is 0 Å². The van der Waals surface area contributed by atoms with Gasteiger partial charge in [-0.25, -0.2) is 0 Å². The molecule has 2 aromatic rings. The fraction of sp³-hybridized carbons (Fsp3) is 0.556. The van der Waals surface area contributed by atoms with Gasteiger partial charge < -0.3 is 15.1 Å². The molecule has 2 N–H and O–H groups in total. The number of rotatable bonds is 4. The van der Waals surface area contributed by atoms with Crippen molar-refractivity contribution in [1.29, 1.82) is 0 Å². The van der Waals surface area contributed by atoms with Crippen LogP contribution in [0.5, 0.6) is 0 Å². The first kappa shape index (κ1) is 14.6. The van der Waals surface area contributed by atoms with E-state index in [4.69, 9.17) is 10.2 Å². The lowest BCUT2D eigenvalue weighted by atomic mass is 9.86. The summed E-state index contributed by atoms with van der Waals surface area (Å²) in [5, 5.41) is 1.14. The number of likely N-dealkylation sites (N-methyl/N-ethyl adjacent to an activating group) is 1. The number of furan rings is 1. The van der Waals surface area contributed by atoms with E-state index in [2.05, 4.69) is 31.0 Å². The van der Waals surface area contributed by atoms with E-state index in [1.165, 1.54) is 25.7 Å². The van der Waals surface area contributed by atoms with Crippen LogP contribution >= 0.6 is 0 Å². The summed E-state index contributed by atoms with van der Waals surface area (Å²) in [5.74, 6) is 1.74. The van der Waals surface area contributed by atoms with E-state index in [-0.39, 0.29) is 6.04 Å². The van der Waals surface area contributed by atoms with Crippen LogP contribution in [0.3, 0.4) is 0 Å². The van der Waals surface area contributed by atoms with Crippen molar-refractivity contribution >= 4 is 11.0 Å². The first-order valence-corrected chi connectivity index (χ1v) is 8.08. The highest BCUT2D eigenvalue weighted by atomic mass is 16.3. The number of para-hydroxylation sites is 1. The van der Waals surface area contributed by atoms with Crippen molar-refractivity contribution in [2.45, 2.75) is 44.7 Å². The molecule has 1 saturated carbocycles. The molecule has 0 saturated heterocycles. The van der Waals surface area contributed by atoms with Crippen molar-refractivity contribution < 1.29 is 4.42 Å². The number of benzene rings is 1. The fourth-order valence-corrected chi connectivity index (χ4v) is 3.54. The van der Waals surface area contributed by atoms with Crippen molar-refractivity contribution in [2.24, 2.45) is 11.7 Å². The largest absolute Gasteiger partial charge is 0.459 e. The molecule has 0 bridgehead atoms. The molecule has 1 aliphatic carbocycles. The Labute approximate surface area is 127 Å². The van der Waals surface area contributed by atoms with Crippen LogP contribution in [0.25, 0.3) is 11.0 Å². The van der Waals surface area contributed by atoms with Crippen LogP contribution in [-0.2, 0) is 0 Å². The van der Waals surface area contributed by atoms with Crippen LogP contribution in [0, 0.1) is 5.92 Å². The molecule has 3 atom stereocenters. The van der Waals surface area contributed by atoms with Gasteiger partial charge in [-0.05, 0) is 37.9 Å². The van der Waals surface area contributed by atoms with Gasteiger partial charge in [-0.2, -0.15) is 0 Å². The molecule has 3 rings (SSSR count). The van der Waals surface area contributed by atoms with Gasteiger partial charge in [0.25, 0.3) is 0 Å². The maximum atomic E-state index is 6.37. The van der Waals surface area contributed by atoms with E-state index >= 15 is 0 Å². The van der Waals surface area contributed by atoms with Gasteiger partial charge in [0.2, 0.25) is 0 Å². The SMILES string of the molecule is CC1CCCC(N(C)CC(N)c2cc3ccccc3o2)C1. The molecule has 1 heterocycles. The molecule has 1 aromatic heterocycles. The summed E-state index contributed by atoms with van der Waals surface area (Å²) in [6, 6.07) is 10.8. The molecule has 0 radical (unpaired) electrons. The summed E-state index contributed by atoms with van der Waals surface area (Å²) in [4.78, 5) is 2.42. The Morgan fingerprint density at radius 3 is 2.90 bits per heavy atom. The van der Waals surface area contributed by atoms with Crippen molar-refractivity contribution in [3.05, 3.63) is 36.1 Å². The van der Waals surface area contributed by atoms with Crippen LogP contribution in [0.2, 0.25) is 0 Å². The molecular formula is C18H26N2O. The third-order valence-corrected chi connectivity index (χ3v) is 4.83. The quantitative estimate of drug-likeness (QED) is 0.925. The lowest BCUT2D eigenvalue weighted by Gasteiger charge is -2.35. The third-order valence-electron chi connectivity index (χ3n) is 4.83. The maximum Gasteiger partial charge on any atom is 0.134 e. The number of hydrogen-bond donors (Lipinski definition) is 1. The lowest BCUT2D eigenvalue weighted by molar-refractivity contribution is 0.153. The number of fused-ring (bicyclic) bond motifs is 1. The van der Waals surface area contributed by atoms with Crippen LogP contribution in [-0.4, -0.2) is 24.5 Å². The van der Waals surface area contributed by atoms with Crippen molar-refractivity contribution in [1.82, 2.24) is 4.90 Å². The Hall–Kier alpha value is -1.32. The molecular weight excluding hydrogens is 260 g/mol. The predicted octanol–water partition coefficient (Wildman–Crippen LogP) is 3.94. The molecule has 0 spiro atoms. The predicted molar refractivity (Wildman–Crippen MR) is 87.2 cm³/mol. The van der Waals surface area contributed by atoms with Crippen molar-refractivity contribution in [3.63, 3.8) is 0 Å². The smallest absolute Gasteiger partial charge is 0.134 e. The molecule has 0 amide bonds. The maximum absolute atomic E-state index is 6.37. The summed E-state index contributed by atoms with van der Waals surface area (Å²) in [7, 11) is 2.20. The minimum Gasteiger partial charge on any atom is -0.459 e. The summed E-state index contributed by atoms with van der Waals surface area (Å²) in [6.07, 6.45) is 5.31. The Kier molecular flexibility index (Phi) is 4.32. The van der Waals surface area contributed by atoms with Gasteiger partial charge in [-0.15, -0.1) is 0 Å². The summed E-state index contributed by atoms with van der Waals surface area (Å²) in [6.45, 7) is 3.22. The van der Waals surface area contributed by atoms with Gasteiger partial charge in [0.05, 0.1) is 6.04 Å². The molecule has 1 aromatic carbocycles. The Balaban J connectivity index is 1.66. The zero-order valence-corrected chi connectivity index (χ0v) is 13.1. The van der Waals surface area contributed by atoms with Gasteiger partial charge in [0.1, 0.15) is 11.3 Å². The highest BCUT2D eigenvalue weighted by molar-refractivity contribution is 5.77. The second kappa shape index (κ2) is 6.20. The summed E-state index contributed by atoms with van der Waals surface area (Å²) in [5.41, 5.74) is 7.29. The molecule has 1 fully saturated rings. The second-order valence-corrected chi connectivity index (χ2v) is 6.66. The van der Waals surface area contributed by atoms with Crippen LogP contribution in [0.4, 0.5) is 0 Å². The van der Waals surface area contributed by atoms with Gasteiger partial charge >= 0.3 is 0 Å². The van der Waals surface area contributed by atoms with Crippen LogP contribution in [0.1, 0.15) is 44.4 Å². The molecule has 114 valence electrons. The molecule has 1 aliphatic rings. The van der Waals surface area contributed by atoms with E-state index in [1.807, 2.05) is 18.2 Å². The molecule has 3 nitrogen and oxygen atoms in total.